The molecule has 3 aliphatic rings. The van der Waals surface area contributed by atoms with E-state index in [1.807, 2.05) is 0 Å². The molecule has 2 aliphatic carbocycles. The van der Waals surface area contributed by atoms with Crippen LogP contribution in [0.1, 0.15) is 12.8 Å². The van der Waals surface area contributed by atoms with Gasteiger partial charge in [-0.15, -0.1) is 13.5 Å². The summed E-state index contributed by atoms with van der Waals surface area (Å²) < 4.78 is 109. The van der Waals surface area contributed by atoms with Crippen molar-refractivity contribution in [3.05, 3.63) is 12.2 Å². The molecule has 4 atom stereocenters. The molecule has 0 N–H and O–H groups in total. The van der Waals surface area contributed by atoms with Gasteiger partial charge < -0.3 is 74.5 Å². The molecule has 0 aromatic heterocycles. The van der Waals surface area contributed by atoms with Gasteiger partial charge in [-0.3, -0.25) is 0 Å². The van der Waals surface area contributed by atoms with Crippen LogP contribution < -0.4 is 0 Å². The monoisotopic (exact) mass is 853 g/mol. The maximum absolute atomic E-state index is 6.81. The van der Waals surface area contributed by atoms with Crippen LogP contribution in [0.2, 0.25) is 0 Å². The molecule has 0 spiro atoms. The van der Waals surface area contributed by atoms with Gasteiger partial charge >= 0.3 is 23.0 Å². The van der Waals surface area contributed by atoms with Crippen LogP contribution in [0.5, 0.6) is 0 Å². The minimum atomic E-state index is -3.68. The summed E-state index contributed by atoms with van der Waals surface area (Å²) in [4.78, 5) is 0. The summed E-state index contributed by atoms with van der Waals surface area (Å²) in [5.74, 6) is 1.19. The zero-order chi connectivity index (χ0) is 39.3. The van der Waals surface area contributed by atoms with Crippen LogP contribution >= 0.6 is 23.0 Å². The number of methoxy groups -OCH3 is 5. The van der Waals surface area contributed by atoms with E-state index < -0.39 is 23.0 Å². The smallest absolute Gasteiger partial charge is 0.349 e. The largest absolute Gasteiger partial charge is 0.382 e. The zero-order valence-corrected chi connectivity index (χ0v) is 36.0. The first-order valence-corrected chi connectivity index (χ1v) is 23.4. The summed E-state index contributed by atoms with van der Waals surface area (Å²) in [5.41, 5.74) is 0. The Labute approximate surface area is 327 Å². The predicted octanol–water partition coefficient (Wildman–Crippen LogP) is 5.47. The van der Waals surface area contributed by atoms with Crippen molar-refractivity contribution in [2.24, 2.45) is 31.3 Å². The Hall–Kier alpha value is -0.210. The standard InChI is InChI=1S/C33H66N3O16P3/c1-37-8-13-42-18-23-47-53(48-24-19-43-14-9-38-2)34-54(49-25-20-44-15-10-39-3,50-26-21-45-16-11-40-4)36-55(35-53,51-27-22-46-17-12-41-5)52-30-33-29-31-6-7-32(33)28-31/h6-7,31-33H,8-30H2,1-5H3/t31-,32+,33+/m1/s1. The average Bonchev–Trinajstić information content (AvgIpc) is 3.82. The third-order valence-electron chi connectivity index (χ3n) is 8.15. The van der Waals surface area contributed by atoms with Crippen molar-refractivity contribution in [1.29, 1.82) is 0 Å². The molecule has 324 valence electrons. The highest BCUT2D eigenvalue weighted by molar-refractivity contribution is 7.78. The summed E-state index contributed by atoms with van der Waals surface area (Å²) >= 11 is 0. The molecule has 1 saturated carbocycles. The van der Waals surface area contributed by atoms with E-state index in [2.05, 4.69) is 12.2 Å². The van der Waals surface area contributed by atoms with Crippen LogP contribution in [0, 0.1) is 17.8 Å². The van der Waals surface area contributed by atoms with E-state index in [0.29, 0.717) is 84.5 Å². The molecule has 0 radical (unpaired) electrons. The quantitative estimate of drug-likeness (QED) is 0.0433. The minimum Gasteiger partial charge on any atom is -0.382 e. The van der Waals surface area contributed by atoms with Gasteiger partial charge in [0.2, 0.25) is 0 Å². The van der Waals surface area contributed by atoms with E-state index in [9.17, 15) is 0 Å². The fraction of sp³-hybridized carbons (Fsp3) is 0.939. The van der Waals surface area contributed by atoms with E-state index in [4.69, 9.17) is 88.1 Å². The van der Waals surface area contributed by atoms with E-state index >= 15 is 0 Å². The molecule has 2 bridgehead atoms. The van der Waals surface area contributed by atoms with E-state index in [1.165, 1.54) is 0 Å². The SMILES string of the molecule is COCCOCCOP1(OCCOCCOC)=NP(OCCOCCOC)(OCCOCCOC)=NP(OCCOCCOC)(OC[C@@H]2C[C@@H]3C=C[C@H]2C3)=N1. The number of nitrogens with zero attached hydrogens (tertiary/aromatic N) is 3. The average molecular weight is 854 g/mol. The summed E-state index contributed by atoms with van der Waals surface area (Å²) in [6.07, 6.45) is 6.66. The fourth-order valence-electron chi connectivity index (χ4n) is 5.48. The molecule has 1 fully saturated rings. The van der Waals surface area contributed by atoms with Crippen LogP contribution in [0.15, 0.2) is 25.7 Å². The molecule has 3 rings (SSSR count). The first-order valence-electron chi connectivity index (χ1n) is 18.8. The molecule has 0 aromatic rings. The maximum Gasteiger partial charge on any atom is 0.349 e. The second kappa shape index (κ2) is 29.9. The zero-order valence-electron chi connectivity index (χ0n) is 33.4. The van der Waals surface area contributed by atoms with Crippen molar-refractivity contribution in [1.82, 2.24) is 0 Å². The summed E-state index contributed by atoms with van der Waals surface area (Å²) in [7, 11) is -2.96. The summed E-state index contributed by atoms with van der Waals surface area (Å²) in [6, 6.07) is 0. The molecular formula is C33H66N3O16P3. The van der Waals surface area contributed by atoms with Crippen molar-refractivity contribution in [2.75, 3.05) is 174 Å². The highest BCUT2D eigenvalue weighted by atomic mass is 31.3. The molecule has 0 amide bonds. The third-order valence-corrected chi connectivity index (χ3v) is 16.7. The van der Waals surface area contributed by atoms with Crippen molar-refractivity contribution >= 4 is 23.0 Å². The molecule has 19 nitrogen and oxygen atoms in total. The van der Waals surface area contributed by atoms with Gasteiger partial charge in [-0.1, -0.05) is 12.2 Å². The van der Waals surface area contributed by atoms with Crippen LogP contribution in [-0.4, -0.2) is 174 Å². The van der Waals surface area contributed by atoms with Crippen molar-refractivity contribution < 1.29 is 74.5 Å². The lowest BCUT2D eigenvalue weighted by Gasteiger charge is -2.34. The number of allylic oxidation sites excluding steroid dienone is 2. The number of fused-ring (bicyclic) bond motifs is 2. The van der Waals surface area contributed by atoms with Crippen LogP contribution in [0.4, 0.5) is 0 Å². The van der Waals surface area contributed by atoms with Gasteiger partial charge in [0.05, 0.1) is 139 Å². The lowest BCUT2D eigenvalue weighted by Crippen LogP contribution is -2.16. The van der Waals surface area contributed by atoms with Gasteiger partial charge in [0.15, 0.2) is 0 Å². The van der Waals surface area contributed by atoms with Gasteiger partial charge in [-0.25, -0.2) is 0 Å². The lowest BCUT2D eigenvalue weighted by atomic mass is 9.95. The second-order valence-corrected chi connectivity index (χ2v) is 18.9. The van der Waals surface area contributed by atoms with Crippen molar-refractivity contribution in [3.8, 4) is 0 Å². The lowest BCUT2D eigenvalue weighted by molar-refractivity contribution is 0.0420. The molecule has 1 heterocycles. The van der Waals surface area contributed by atoms with Gasteiger partial charge in [-0.05, 0) is 30.6 Å². The minimum absolute atomic E-state index is 0.0760. The van der Waals surface area contributed by atoms with E-state index in [0.717, 1.165) is 12.8 Å². The Morgan fingerprint density at radius 2 is 0.691 bits per heavy atom. The molecular weight excluding hydrogens is 787 g/mol. The Morgan fingerprint density at radius 1 is 0.382 bits per heavy atom. The highest BCUT2D eigenvalue weighted by Crippen LogP contribution is 2.80. The highest BCUT2D eigenvalue weighted by Gasteiger charge is 2.45. The number of rotatable bonds is 38. The summed E-state index contributed by atoms with van der Waals surface area (Å²) in [5, 5.41) is 0. The van der Waals surface area contributed by atoms with Gasteiger partial charge in [0, 0.05) is 35.5 Å². The Morgan fingerprint density at radius 3 is 0.964 bits per heavy atom. The molecule has 0 aromatic carbocycles. The second-order valence-electron chi connectivity index (χ2n) is 12.3. The molecule has 55 heavy (non-hydrogen) atoms. The van der Waals surface area contributed by atoms with Gasteiger partial charge in [-0.2, -0.15) is 0 Å². The number of ether oxygens (including phenoxy) is 10. The first kappa shape index (κ1) is 49.2. The maximum atomic E-state index is 6.81. The number of hydrogen-bond acceptors (Lipinski definition) is 19. The molecule has 1 unspecified atom stereocenters. The molecule has 0 saturated heterocycles. The Balaban J connectivity index is 2.06. The predicted molar refractivity (Wildman–Crippen MR) is 206 cm³/mol. The summed E-state index contributed by atoms with van der Waals surface area (Å²) in [6.45, 7) is 5.89. The van der Waals surface area contributed by atoms with Gasteiger partial charge in [0.25, 0.3) is 0 Å². The Bertz CT molecular complexity index is 1130. The van der Waals surface area contributed by atoms with Crippen molar-refractivity contribution in [2.45, 2.75) is 12.8 Å². The van der Waals surface area contributed by atoms with Crippen LogP contribution in [-0.2, 0) is 74.5 Å². The van der Waals surface area contributed by atoms with Gasteiger partial charge in [0.1, 0.15) is 0 Å². The van der Waals surface area contributed by atoms with Crippen LogP contribution in [0.25, 0.3) is 0 Å². The first-order chi connectivity index (χ1) is 27.0. The van der Waals surface area contributed by atoms with Crippen molar-refractivity contribution in [3.63, 3.8) is 0 Å². The van der Waals surface area contributed by atoms with E-state index in [1.54, 1.807) is 35.5 Å². The topological polar surface area (TPSA) is 185 Å². The van der Waals surface area contributed by atoms with E-state index in [-0.39, 0.29) is 72.0 Å². The normalized spacial score (nSPS) is 23.5. The third kappa shape index (κ3) is 19.6. The number of hydrogen-bond donors (Lipinski definition) is 0. The fourth-order valence-corrected chi connectivity index (χ4v) is 15.0. The molecule has 1 aliphatic heterocycles. The van der Waals surface area contributed by atoms with Crippen LogP contribution in [0.3, 0.4) is 0 Å². The molecule has 22 heteroatoms. The Kier molecular flexibility index (Phi) is 26.7.